The van der Waals surface area contributed by atoms with Gasteiger partial charge >= 0.3 is 0 Å². The normalized spacial score (nSPS) is 14.5. The summed E-state index contributed by atoms with van der Waals surface area (Å²) in [6.45, 7) is 7.08. The predicted molar refractivity (Wildman–Crippen MR) is 122 cm³/mol. The summed E-state index contributed by atoms with van der Waals surface area (Å²) in [4.78, 5) is 30.3. The highest BCUT2D eigenvalue weighted by Crippen LogP contribution is 2.23. The van der Waals surface area contributed by atoms with E-state index in [1.165, 1.54) is 18.2 Å². The Morgan fingerprint density at radius 3 is 2.78 bits per heavy atom. The van der Waals surface area contributed by atoms with Crippen LogP contribution in [0.2, 0.25) is 0 Å². The molecule has 1 saturated heterocycles. The van der Waals surface area contributed by atoms with Gasteiger partial charge in [0.15, 0.2) is 0 Å². The monoisotopic (exact) mass is 437 g/mol. The molecule has 0 atom stereocenters. The van der Waals surface area contributed by atoms with E-state index in [1.54, 1.807) is 6.07 Å². The first kappa shape index (κ1) is 21.9. The van der Waals surface area contributed by atoms with Crippen LogP contribution in [0.15, 0.2) is 42.5 Å². The van der Waals surface area contributed by atoms with E-state index in [0.29, 0.717) is 5.69 Å². The fourth-order valence-corrected chi connectivity index (χ4v) is 3.87. The molecule has 2 aromatic carbocycles. The van der Waals surface area contributed by atoms with Gasteiger partial charge in [-0.2, -0.15) is 0 Å². The SMILES string of the molecule is CCCCn1c(CN2CCOCC2)nc2cc(NC(=O)c3cccc([N+](=O)[O-])c3)ccc21. The Hall–Kier alpha value is -3.30. The van der Waals surface area contributed by atoms with Crippen molar-refractivity contribution in [1.82, 2.24) is 14.5 Å². The first-order chi connectivity index (χ1) is 15.5. The Morgan fingerprint density at radius 2 is 2.03 bits per heavy atom. The van der Waals surface area contributed by atoms with Gasteiger partial charge in [0.25, 0.3) is 11.6 Å². The second kappa shape index (κ2) is 9.88. The van der Waals surface area contributed by atoms with Crippen LogP contribution in [0.1, 0.15) is 35.9 Å². The number of aromatic nitrogens is 2. The first-order valence-electron chi connectivity index (χ1n) is 10.9. The standard InChI is InChI=1S/C23H27N5O4/c1-2-3-9-27-21-8-7-18(24-23(29)17-5-4-6-19(14-17)28(30)31)15-20(21)25-22(27)16-26-10-12-32-13-11-26/h4-8,14-15H,2-3,9-13,16H2,1H3,(H,24,29). The van der Waals surface area contributed by atoms with Crippen LogP contribution in [0.3, 0.4) is 0 Å². The third kappa shape index (κ3) is 4.95. The van der Waals surface area contributed by atoms with Crippen molar-refractivity contribution in [2.75, 3.05) is 31.6 Å². The number of nitrogens with zero attached hydrogens (tertiary/aromatic N) is 4. The zero-order valence-corrected chi connectivity index (χ0v) is 18.1. The van der Waals surface area contributed by atoms with Crippen molar-refractivity contribution in [2.24, 2.45) is 0 Å². The van der Waals surface area contributed by atoms with Crippen molar-refractivity contribution in [2.45, 2.75) is 32.9 Å². The number of aryl methyl sites for hydroxylation is 1. The van der Waals surface area contributed by atoms with Gasteiger partial charge in [0, 0.05) is 43.0 Å². The summed E-state index contributed by atoms with van der Waals surface area (Å²) in [6.07, 6.45) is 2.15. The number of imidazole rings is 1. The Balaban J connectivity index is 1.58. The van der Waals surface area contributed by atoms with Crippen molar-refractivity contribution in [3.05, 3.63) is 64.0 Å². The Kier molecular flexibility index (Phi) is 6.77. The van der Waals surface area contributed by atoms with Gasteiger partial charge in [-0.15, -0.1) is 0 Å². The van der Waals surface area contributed by atoms with Crippen molar-refractivity contribution in [3.63, 3.8) is 0 Å². The molecular formula is C23H27N5O4. The molecule has 4 rings (SSSR count). The molecule has 3 aromatic rings. The lowest BCUT2D eigenvalue weighted by Crippen LogP contribution is -2.36. The number of hydrogen-bond donors (Lipinski definition) is 1. The van der Waals surface area contributed by atoms with E-state index >= 15 is 0 Å². The van der Waals surface area contributed by atoms with Gasteiger partial charge in [0.1, 0.15) is 5.82 Å². The van der Waals surface area contributed by atoms with Crippen LogP contribution in [0.5, 0.6) is 0 Å². The lowest BCUT2D eigenvalue weighted by molar-refractivity contribution is -0.384. The number of ether oxygens (including phenoxy) is 1. The Morgan fingerprint density at radius 1 is 1.22 bits per heavy atom. The number of non-ortho nitro benzene ring substituents is 1. The average molecular weight is 438 g/mol. The van der Waals surface area contributed by atoms with Gasteiger partial charge in [0.2, 0.25) is 0 Å². The summed E-state index contributed by atoms with van der Waals surface area (Å²) in [6, 6.07) is 11.4. The van der Waals surface area contributed by atoms with E-state index in [-0.39, 0.29) is 11.3 Å². The zero-order valence-electron chi connectivity index (χ0n) is 18.1. The van der Waals surface area contributed by atoms with Gasteiger partial charge in [0.05, 0.1) is 35.7 Å². The van der Waals surface area contributed by atoms with Gasteiger partial charge in [-0.1, -0.05) is 19.4 Å². The number of carbonyl (C=O) groups excluding carboxylic acids is 1. The number of nitrogens with one attached hydrogen (secondary N) is 1. The fourth-order valence-electron chi connectivity index (χ4n) is 3.87. The minimum absolute atomic E-state index is 0.115. The van der Waals surface area contributed by atoms with Crippen molar-refractivity contribution < 1.29 is 14.5 Å². The van der Waals surface area contributed by atoms with Crippen molar-refractivity contribution in [1.29, 1.82) is 0 Å². The van der Waals surface area contributed by atoms with E-state index in [1.807, 2.05) is 18.2 Å². The number of nitro benzene ring substituents is 1. The van der Waals surface area contributed by atoms with Gasteiger partial charge in [-0.25, -0.2) is 4.98 Å². The molecular weight excluding hydrogens is 410 g/mol. The van der Waals surface area contributed by atoms with E-state index in [0.717, 1.165) is 69.1 Å². The predicted octanol–water partition coefficient (Wildman–Crippen LogP) is 3.83. The molecule has 1 aromatic heterocycles. The van der Waals surface area contributed by atoms with Crippen LogP contribution >= 0.6 is 0 Å². The summed E-state index contributed by atoms with van der Waals surface area (Å²) >= 11 is 0. The van der Waals surface area contributed by atoms with Gasteiger partial charge < -0.3 is 14.6 Å². The molecule has 32 heavy (non-hydrogen) atoms. The maximum Gasteiger partial charge on any atom is 0.270 e. The van der Waals surface area contributed by atoms with Gasteiger partial charge in [-0.3, -0.25) is 19.8 Å². The quantitative estimate of drug-likeness (QED) is 0.424. The molecule has 168 valence electrons. The molecule has 1 amide bonds. The number of carbonyl (C=O) groups is 1. The largest absolute Gasteiger partial charge is 0.379 e. The average Bonchev–Trinajstić information content (AvgIpc) is 3.14. The van der Waals surface area contributed by atoms with E-state index in [9.17, 15) is 14.9 Å². The highest BCUT2D eigenvalue weighted by Gasteiger charge is 2.18. The highest BCUT2D eigenvalue weighted by atomic mass is 16.6. The van der Waals surface area contributed by atoms with Gasteiger partial charge in [-0.05, 0) is 30.7 Å². The van der Waals surface area contributed by atoms with E-state index in [4.69, 9.17) is 9.72 Å². The Labute approximate surface area is 186 Å². The molecule has 0 aliphatic carbocycles. The number of fused-ring (bicyclic) bond motifs is 1. The number of amides is 1. The second-order valence-corrected chi connectivity index (χ2v) is 7.89. The molecule has 1 aliphatic rings. The molecule has 0 bridgehead atoms. The molecule has 0 saturated carbocycles. The molecule has 0 spiro atoms. The molecule has 9 heteroatoms. The van der Waals surface area contributed by atoms with E-state index < -0.39 is 10.8 Å². The summed E-state index contributed by atoms with van der Waals surface area (Å²) in [5, 5.41) is 13.8. The van der Waals surface area contributed by atoms with Crippen molar-refractivity contribution in [3.8, 4) is 0 Å². The fraction of sp³-hybridized carbons (Fsp3) is 0.391. The maximum atomic E-state index is 12.6. The minimum atomic E-state index is -0.512. The number of anilines is 1. The summed E-state index contributed by atoms with van der Waals surface area (Å²) < 4.78 is 7.72. The van der Waals surface area contributed by atoms with Crippen LogP contribution in [0.4, 0.5) is 11.4 Å². The maximum absolute atomic E-state index is 12.6. The number of nitro groups is 1. The smallest absolute Gasteiger partial charge is 0.270 e. The topological polar surface area (TPSA) is 103 Å². The molecule has 1 N–H and O–H groups in total. The lowest BCUT2D eigenvalue weighted by atomic mass is 10.2. The van der Waals surface area contributed by atoms with Crippen molar-refractivity contribution >= 4 is 28.3 Å². The van der Waals surface area contributed by atoms with Crippen LogP contribution < -0.4 is 5.32 Å². The third-order valence-electron chi connectivity index (χ3n) is 5.61. The van der Waals surface area contributed by atoms with Crippen LogP contribution in [-0.2, 0) is 17.8 Å². The molecule has 1 aliphatic heterocycles. The minimum Gasteiger partial charge on any atom is -0.379 e. The molecule has 0 radical (unpaired) electrons. The number of unbranched alkanes of at least 4 members (excludes halogenated alkanes) is 1. The lowest BCUT2D eigenvalue weighted by Gasteiger charge is -2.26. The zero-order chi connectivity index (χ0) is 22.5. The van der Waals surface area contributed by atoms with Crippen LogP contribution in [0.25, 0.3) is 11.0 Å². The third-order valence-corrected chi connectivity index (χ3v) is 5.61. The molecule has 1 fully saturated rings. The van der Waals surface area contributed by atoms with Crippen LogP contribution in [-0.4, -0.2) is 51.6 Å². The van der Waals surface area contributed by atoms with E-state index in [2.05, 4.69) is 21.7 Å². The summed E-state index contributed by atoms with van der Waals surface area (Å²) in [7, 11) is 0. The molecule has 0 unspecified atom stereocenters. The summed E-state index contributed by atoms with van der Waals surface area (Å²) in [5.74, 6) is 0.615. The number of benzene rings is 2. The number of hydrogen-bond acceptors (Lipinski definition) is 6. The first-order valence-corrected chi connectivity index (χ1v) is 10.9. The number of morpholine rings is 1. The number of rotatable bonds is 8. The molecule has 9 nitrogen and oxygen atoms in total. The molecule has 2 heterocycles. The second-order valence-electron chi connectivity index (χ2n) is 7.89. The Bertz CT molecular complexity index is 1120. The summed E-state index contributed by atoms with van der Waals surface area (Å²) in [5.41, 5.74) is 2.58. The highest BCUT2D eigenvalue weighted by molar-refractivity contribution is 6.05. The van der Waals surface area contributed by atoms with Crippen LogP contribution in [0, 0.1) is 10.1 Å².